The van der Waals surface area contributed by atoms with Crippen molar-refractivity contribution in [2.24, 2.45) is 39.4 Å². The van der Waals surface area contributed by atoms with Crippen molar-refractivity contribution in [3.05, 3.63) is 168 Å². The van der Waals surface area contributed by atoms with E-state index in [1.807, 2.05) is 322 Å². The Hall–Kier alpha value is -6.36. The van der Waals surface area contributed by atoms with Crippen molar-refractivity contribution in [2.75, 3.05) is 23.9 Å². The summed E-state index contributed by atoms with van der Waals surface area (Å²) < 4.78 is 153. The summed E-state index contributed by atoms with van der Waals surface area (Å²) in [5, 5.41) is 7.73. The summed E-state index contributed by atoms with van der Waals surface area (Å²) in [4.78, 5) is 45.9. The molecule has 0 aromatic heterocycles. The van der Waals surface area contributed by atoms with Gasteiger partial charge in [-0.3, -0.25) is 19.2 Å². The van der Waals surface area contributed by atoms with Gasteiger partial charge >= 0.3 is 0 Å². The molecule has 0 saturated carbocycles. The van der Waals surface area contributed by atoms with E-state index in [0.717, 1.165) is 35.2 Å². The minimum Gasteiger partial charge on any atom is -0.355 e. The average Bonchev–Trinajstić information content (AvgIpc) is 0.800. The van der Waals surface area contributed by atoms with Crippen LogP contribution in [0.2, 0.25) is 0 Å². The zero-order chi connectivity index (χ0) is 99.7. The minimum atomic E-state index is -3.37. The van der Waals surface area contributed by atoms with Crippen LogP contribution >= 0.6 is 0 Å². The van der Waals surface area contributed by atoms with Gasteiger partial charge in [0.15, 0.2) is 0 Å². The van der Waals surface area contributed by atoms with Gasteiger partial charge in [-0.25, -0.2) is 78.8 Å². The van der Waals surface area contributed by atoms with Crippen LogP contribution in [0.1, 0.15) is 298 Å². The maximum atomic E-state index is 12.0. The number of hydrogen-bond donors (Lipinski definition) is 9. The summed E-state index contributed by atoms with van der Waals surface area (Å²) in [6.07, 6.45) is 1.86. The van der Waals surface area contributed by atoms with Gasteiger partial charge in [-0.05, 0) is 204 Å². The zero-order valence-electron chi connectivity index (χ0n) is 83.8. The number of ketones is 1. The molecule has 0 spiro atoms. The van der Waals surface area contributed by atoms with Crippen LogP contribution < -0.4 is 44.3 Å². The highest BCUT2D eigenvalue weighted by Gasteiger charge is 2.30. The van der Waals surface area contributed by atoms with Crippen molar-refractivity contribution in [3.8, 4) is 0 Å². The lowest BCUT2D eigenvalue weighted by Crippen LogP contribution is -2.43. The first-order chi connectivity index (χ1) is 55.5. The van der Waals surface area contributed by atoms with Gasteiger partial charge in [-0.1, -0.05) is 252 Å². The first kappa shape index (κ1) is 127. The summed E-state index contributed by atoms with van der Waals surface area (Å²) in [6, 6.07) is 46.1. The number of carbonyl (C=O) groups excluding carboxylic acids is 4. The van der Waals surface area contributed by atoms with E-state index in [1.54, 1.807) is 71.9 Å². The quantitative estimate of drug-likeness (QED) is 0.0329. The minimum absolute atomic E-state index is 0.0328. The summed E-state index contributed by atoms with van der Waals surface area (Å²) >= 11 is 0. The van der Waals surface area contributed by atoms with Crippen molar-refractivity contribution in [3.63, 3.8) is 0 Å². The highest BCUT2D eigenvalue weighted by molar-refractivity contribution is 7.90. The SMILES string of the molecule is CC(C)(C)C(=O)NCc1ccccc1.CC(C)(C)C(=O)Nc1ccccc1.CC(C)(C)NS(=O)(=O)Cc1ccccc1.CC(C)(C)NS(=O)(=O)c1ccccc1.CC(C)(C)NS(C)(=O)=O.CC(C)CC(=O)C(C)(C)C.CC(C)CNC(=O)C(C)(C)C.CC(C)CS(=O)(=O)NC(C)(C)C.CC(C)S(=O)(=O)NC(C)(C)C.CC(c1ccccc1)S(=O)(=O)NC(C)(C)C. The van der Waals surface area contributed by atoms with Gasteiger partial charge in [0.2, 0.25) is 77.9 Å². The van der Waals surface area contributed by atoms with Crippen LogP contribution in [0.3, 0.4) is 0 Å². The number of rotatable bonds is 21. The van der Waals surface area contributed by atoms with Crippen molar-refractivity contribution >= 4 is 89.3 Å². The van der Waals surface area contributed by atoms with Gasteiger partial charge in [0.05, 0.1) is 33.2 Å². The first-order valence-corrected chi connectivity index (χ1v) is 52.0. The Labute approximate surface area is 761 Å². The molecule has 0 fully saturated rings. The Morgan fingerprint density at radius 3 is 0.928 bits per heavy atom. The third kappa shape index (κ3) is 76.2. The van der Waals surface area contributed by atoms with Crippen LogP contribution in [0.15, 0.2) is 157 Å². The predicted octanol–water partition coefficient (Wildman–Crippen LogP) is 18.4. The number of sulfonamides is 6. The topological polar surface area (TPSA) is 381 Å². The highest BCUT2D eigenvalue weighted by atomic mass is 32.2. The Morgan fingerprint density at radius 1 is 0.320 bits per heavy atom. The molecule has 1 atom stereocenters. The second-order valence-corrected chi connectivity index (χ2v) is 53.6. The zero-order valence-corrected chi connectivity index (χ0v) is 88.7. The van der Waals surface area contributed by atoms with E-state index in [-0.39, 0.29) is 78.7 Å². The largest absolute Gasteiger partial charge is 0.355 e. The molecule has 722 valence electrons. The summed E-state index contributed by atoms with van der Waals surface area (Å²) in [5.41, 5.74) is 0.124. The fourth-order valence-corrected chi connectivity index (χ4v) is 17.7. The fourth-order valence-electron chi connectivity index (χ4n) is 8.95. The van der Waals surface area contributed by atoms with Crippen molar-refractivity contribution in [1.82, 2.24) is 39.0 Å². The summed E-state index contributed by atoms with van der Waals surface area (Å²) in [6.45, 7) is 74.4. The number of Topliss-reactive ketones (excluding diaryl/α,β-unsaturated/α-hetero) is 1. The van der Waals surface area contributed by atoms with Crippen LogP contribution in [-0.4, -0.2) is 131 Å². The van der Waals surface area contributed by atoms with Crippen molar-refractivity contribution in [2.45, 2.75) is 337 Å². The van der Waals surface area contributed by atoms with Crippen LogP contribution in [0, 0.1) is 39.4 Å². The summed E-state index contributed by atoms with van der Waals surface area (Å²) in [5.74, 6) is 2.04. The Morgan fingerprint density at radius 2 is 0.640 bits per heavy atom. The van der Waals surface area contributed by atoms with Gasteiger partial charge < -0.3 is 16.0 Å². The predicted molar refractivity (Wildman–Crippen MR) is 525 cm³/mol. The number of para-hydroxylation sites is 1. The molecule has 5 rings (SSSR count). The molecule has 0 saturated heterocycles. The third-order valence-corrected chi connectivity index (χ3v) is 25.0. The molecule has 0 bridgehead atoms. The molecule has 3 amide bonds. The van der Waals surface area contributed by atoms with E-state index in [2.05, 4.69) is 72.0 Å². The van der Waals surface area contributed by atoms with Crippen LogP contribution in [-0.2, 0) is 91.6 Å². The average molecular weight is 1870 g/mol. The lowest BCUT2D eigenvalue weighted by atomic mass is 9.86. The van der Waals surface area contributed by atoms with E-state index < -0.39 is 82.0 Å². The molecule has 31 heteroatoms. The van der Waals surface area contributed by atoms with Gasteiger partial charge in [0.25, 0.3) is 0 Å². The first-order valence-electron chi connectivity index (χ1n) is 42.2. The van der Waals surface area contributed by atoms with Gasteiger partial charge in [-0.2, -0.15) is 0 Å². The second-order valence-electron chi connectivity index (χ2n) is 42.4. The van der Waals surface area contributed by atoms with Crippen LogP contribution in [0.25, 0.3) is 0 Å². The summed E-state index contributed by atoms with van der Waals surface area (Å²) in [7, 11) is -19.2. The van der Waals surface area contributed by atoms with E-state index in [4.69, 9.17) is 0 Å². The number of carbonyl (C=O) groups is 4. The lowest BCUT2D eigenvalue weighted by molar-refractivity contribution is -0.129. The van der Waals surface area contributed by atoms with Crippen molar-refractivity contribution in [1.29, 1.82) is 0 Å². The maximum absolute atomic E-state index is 12.0. The molecule has 0 aliphatic rings. The van der Waals surface area contributed by atoms with Crippen molar-refractivity contribution < 1.29 is 69.7 Å². The van der Waals surface area contributed by atoms with E-state index in [1.165, 1.54) is 0 Å². The number of amides is 3. The Balaban J connectivity index is -0.000000429. The van der Waals surface area contributed by atoms with E-state index in [9.17, 15) is 69.7 Å². The molecule has 0 radical (unpaired) electrons. The fraction of sp³-hybridized carbons (Fsp3) is 0.638. The number of hydrogen-bond acceptors (Lipinski definition) is 16. The molecular formula is C94H169N9O16S6. The van der Waals surface area contributed by atoms with E-state index in [0.29, 0.717) is 35.5 Å². The molecule has 125 heavy (non-hydrogen) atoms. The van der Waals surface area contributed by atoms with Crippen LogP contribution in [0.4, 0.5) is 5.69 Å². The number of nitrogens with one attached hydrogen (secondary N) is 9. The molecule has 5 aromatic rings. The molecule has 1 unspecified atom stereocenters. The smallest absolute Gasteiger partial charge is 0.241 e. The second kappa shape index (κ2) is 55.0. The molecule has 9 N–H and O–H groups in total. The molecule has 5 aromatic carbocycles. The van der Waals surface area contributed by atoms with Gasteiger partial charge in [-0.15, -0.1) is 0 Å². The lowest BCUT2D eigenvalue weighted by Gasteiger charge is -2.23. The molecular weight excluding hydrogens is 1700 g/mol. The molecule has 0 aliphatic heterocycles. The Kier molecular flexibility index (Phi) is 55.9. The van der Waals surface area contributed by atoms with E-state index >= 15 is 0 Å². The third-order valence-electron chi connectivity index (χ3n) is 14.4. The number of anilines is 1. The molecule has 0 heterocycles. The van der Waals surface area contributed by atoms with Gasteiger partial charge in [0, 0.05) is 80.1 Å². The Bertz CT molecular complexity index is 4600. The number of benzene rings is 5. The monoisotopic (exact) mass is 1870 g/mol. The normalized spacial score (nSPS) is 12.8. The molecule has 25 nitrogen and oxygen atoms in total. The maximum Gasteiger partial charge on any atom is 0.241 e. The highest BCUT2D eigenvalue weighted by Crippen LogP contribution is 2.24. The van der Waals surface area contributed by atoms with Gasteiger partial charge in [0.1, 0.15) is 5.78 Å². The molecule has 0 aliphatic carbocycles. The standard InChI is InChI=1S/C12H19NO2S.C12H17NO.C11H17NO2S.C11H15NO.C10H15NO2S.C9H19NO.C9H18O.C8H19NO2S.C7H17NO2S.C5H13NO2S/c1-10(11-8-6-5-7-9-11)16(14,15)13-12(2,3)4;1-12(2,3)11(14)13-9-10-7-5-4-6-8-10;1-11(2,3)12-15(13,14)9-10-7-5-4-6-8-10;1-11(2,3)10(13)12-9-7-5-4-6-8-9;1-10(2,3)11-14(12,13)9-7-5-4-6-8-9;1-7(2)6-10-8(11)9(3,4)5;1-7(2)6-8(10)9(3,4)5;1-7(2)6-12(10,11)9-8(3,4)5;1-6(2)11(9,10)8-7(3,4)5;1-5(2,3)6-9(4,7)8/h5-10,13H,1-4H3;4-8H,9H2,1-3H3,(H,13,14);4-8,12H,9H2,1-3H3;4-8H,1-3H3,(H,12,13);4-8,11H,1-3H3;7H,6H2,1-5H3,(H,10,11);7H,6H2,1-5H3;7,9H,6H2,1-5H3;6,8H,1-5H3;6H,1-4H3. The van der Waals surface area contributed by atoms with Crippen LogP contribution in [0.5, 0.6) is 0 Å².